The summed E-state index contributed by atoms with van der Waals surface area (Å²) < 4.78 is 4.85. The van der Waals surface area contributed by atoms with Crippen molar-refractivity contribution in [2.45, 2.75) is 19.4 Å². The summed E-state index contributed by atoms with van der Waals surface area (Å²) in [5.74, 6) is -0.413. The summed E-state index contributed by atoms with van der Waals surface area (Å²) in [6.07, 6.45) is 1.78. The van der Waals surface area contributed by atoms with Crippen molar-refractivity contribution in [3.63, 3.8) is 0 Å². The lowest BCUT2D eigenvalue weighted by Crippen LogP contribution is -2.30. The summed E-state index contributed by atoms with van der Waals surface area (Å²) in [5.41, 5.74) is 0.786. The van der Waals surface area contributed by atoms with E-state index in [1.807, 2.05) is 6.92 Å². The van der Waals surface area contributed by atoms with Gasteiger partial charge in [-0.1, -0.05) is 0 Å². The highest BCUT2D eigenvalue weighted by molar-refractivity contribution is 5.76. The van der Waals surface area contributed by atoms with Gasteiger partial charge < -0.3 is 15.2 Å². The monoisotopic (exact) mass is 225 g/mol. The number of anilines is 1. The van der Waals surface area contributed by atoms with E-state index in [1.165, 1.54) is 13.4 Å². The number of aromatic nitrogens is 2. The molecule has 0 radical (unpaired) electrons. The van der Waals surface area contributed by atoms with Crippen LogP contribution in [0, 0.1) is 6.92 Å². The molecule has 16 heavy (non-hydrogen) atoms. The fraction of sp³-hybridized carbons (Fsp3) is 0.500. The van der Waals surface area contributed by atoms with Gasteiger partial charge in [-0.05, 0) is 6.92 Å². The number of carboxylic acid groups (broad SMARTS) is 1. The highest BCUT2D eigenvalue weighted by atomic mass is 16.5. The molecule has 0 aliphatic carbocycles. The summed E-state index contributed by atoms with van der Waals surface area (Å²) in [5, 5.41) is 11.8. The van der Waals surface area contributed by atoms with Crippen LogP contribution in [0.3, 0.4) is 0 Å². The molecule has 1 heterocycles. The van der Waals surface area contributed by atoms with Crippen molar-refractivity contribution >= 4 is 11.8 Å². The minimum absolute atomic E-state index is 0.383. The maximum Gasteiger partial charge on any atom is 0.326 e. The number of aryl methyl sites for hydroxylation is 1. The Morgan fingerprint density at radius 1 is 1.62 bits per heavy atom. The molecule has 1 aromatic rings. The number of ether oxygens (including phenoxy) is 1. The van der Waals surface area contributed by atoms with E-state index in [0.29, 0.717) is 18.8 Å². The molecule has 1 aromatic heterocycles. The molecule has 1 atom stereocenters. The molecule has 0 saturated heterocycles. The van der Waals surface area contributed by atoms with Gasteiger partial charge in [0.15, 0.2) is 0 Å². The smallest absolute Gasteiger partial charge is 0.326 e. The minimum atomic E-state index is -0.923. The minimum Gasteiger partial charge on any atom is -0.480 e. The van der Waals surface area contributed by atoms with Gasteiger partial charge in [-0.15, -0.1) is 0 Å². The first-order chi connectivity index (χ1) is 7.63. The van der Waals surface area contributed by atoms with Gasteiger partial charge in [-0.3, -0.25) is 0 Å². The van der Waals surface area contributed by atoms with E-state index in [2.05, 4.69) is 15.3 Å². The molecular formula is C10H15N3O3. The van der Waals surface area contributed by atoms with E-state index in [9.17, 15) is 4.79 Å². The summed E-state index contributed by atoms with van der Waals surface area (Å²) >= 11 is 0. The summed E-state index contributed by atoms with van der Waals surface area (Å²) in [6, 6.07) is 0.997. The summed E-state index contributed by atoms with van der Waals surface area (Å²) in [7, 11) is 1.54. The van der Waals surface area contributed by atoms with Crippen molar-refractivity contribution in [3.05, 3.63) is 18.1 Å². The average molecular weight is 225 g/mol. The maximum atomic E-state index is 10.9. The molecule has 0 aliphatic rings. The quantitative estimate of drug-likeness (QED) is 0.740. The van der Waals surface area contributed by atoms with E-state index >= 15 is 0 Å². The topological polar surface area (TPSA) is 84.3 Å². The molecule has 0 aromatic carbocycles. The zero-order valence-electron chi connectivity index (χ0n) is 9.30. The van der Waals surface area contributed by atoms with E-state index < -0.39 is 12.0 Å². The fourth-order valence-electron chi connectivity index (χ4n) is 1.21. The Morgan fingerprint density at radius 3 is 2.94 bits per heavy atom. The lowest BCUT2D eigenvalue weighted by atomic mass is 10.2. The van der Waals surface area contributed by atoms with Crippen LogP contribution in [0.15, 0.2) is 12.4 Å². The number of nitrogens with one attached hydrogen (secondary N) is 1. The Morgan fingerprint density at radius 2 is 2.38 bits per heavy atom. The number of aliphatic carboxylic acids is 1. The van der Waals surface area contributed by atoms with Crippen LogP contribution in [0.4, 0.5) is 5.82 Å². The van der Waals surface area contributed by atoms with Gasteiger partial charge in [0.05, 0.1) is 0 Å². The standard InChI is InChI=1S/C10H15N3O3/c1-7-5-9(12-6-11-7)13-8(10(14)15)3-4-16-2/h5-6,8H,3-4H2,1-2H3,(H,14,15)(H,11,12,13). The van der Waals surface area contributed by atoms with Gasteiger partial charge in [-0.2, -0.15) is 0 Å². The lowest BCUT2D eigenvalue weighted by molar-refractivity contribution is -0.138. The van der Waals surface area contributed by atoms with Crippen LogP contribution in [0.2, 0.25) is 0 Å². The van der Waals surface area contributed by atoms with Crippen LogP contribution in [0.5, 0.6) is 0 Å². The van der Waals surface area contributed by atoms with Crippen LogP contribution < -0.4 is 5.32 Å². The van der Waals surface area contributed by atoms with Crippen molar-refractivity contribution in [1.29, 1.82) is 0 Å². The van der Waals surface area contributed by atoms with Crippen LogP contribution in [0.25, 0.3) is 0 Å². The normalized spacial score (nSPS) is 12.1. The van der Waals surface area contributed by atoms with Gasteiger partial charge in [-0.25, -0.2) is 14.8 Å². The lowest BCUT2D eigenvalue weighted by Gasteiger charge is -2.14. The van der Waals surface area contributed by atoms with Crippen molar-refractivity contribution in [2.24, 2.45) is 0 Å². The van der Waals surface area contributed by atoms with Crippen LogP contribution in [-0.2, 0) is 9.53 Å². The molecule has 0 amide bonds. The number of hydrogen-bond donors (Lipinski definition) is 2. The molecule has 1 rings (SSSR count). The van der Waals surface area contributed by atoms with Gasteiger partial charge in [0, 0.05) is 31.9 Å². The Labute approximate surface area is 93.7 Å². The predicted molar refractivity (Wildman–Crippen MR) is 58.3 cm³/mol. The first-order valence-corrected chi connectivity index (χ1v) is 4.90. The van der Waals surface area contributed by atoms with Crippen molar-refractivity contribution in [2.75, 3.05) is 19.0 Å². The second-order valence-corrected chi connectivity index (χ2v) is 3.36. The van der Waals surface area contributed by atoms with Crippen LogP contribution in [-0.4, -0.2) is 40.8 Å². The molecule has 88 valence electrons. The van der Waals surface area contributed by atoms with Gasteiger partial charge in [0.1, 0.15) is 18.2 Å². The molecule has 2 N–H and O–H groups in total. The first kappa shape index (κ1) is 12.4. The number of nitrogens with zero attached hydrogens (tertiary/aromatic N) is 2. The fourth-order valence-corrected chi connectivity index (χ4v) is 1.21. The molecule has 0 saturated carbocycles. The van der Waals surface area contributed by atoms with Gasteiger partial charge in [0.2, 0.25) is 0 Å². The summed E-state index contributed by atoms with van der Waals surface area (Å²) in [4.78, 5) is 18.8. The third kappa shape index (κ3) is 3.82. The van der Waals surface area contributed by atoms with Crippen molar-refractivity contribution < 1.29 is 14.6 Å². The third-order valence-corrected chi connectivity index (χ3v) is 2.03. The zero-order chi connectivity index (χ0) is 12.0. The van der Waals surface area contributed by atoms with Gasteiger partial charge in [0.25, 0.3) is 0 Å². The molecule has 1 unspecified atom stereocenters. The molecule has 6 nitrogen and oxygen atoms in total. The number of carboxylic acids is 1. The molecule has 6 heteroatoms. The van der Waals surface area contributed by atoms with Gasteiger partial charge >= 0.3 is 5.97 Å². The van der Waals surface area contributed by atoms with Crippen molar-refractivity contribution in [1.82, 2.24) is 9.97 Å². The van der Waals surface area contributed by atoms with E-state index in [-0.39, 0.29) is 0 Å². The predicted octanol–water partition coefficient (Wildman–Crippen LogP) is 0.687. The second-order valence-electron chi connectivity index (χ2n) is 3.36. The Kier molecular flexibility index (Phi) is 4.65. The van der Waals surface area contributed by atoms with Crippen LogP contribution >= 0.6 is 0 Å². The molecule has 0 fully saturated rings. The molecule has 0 aliphatic heterocycles. The second kappa shape index (κ2) is 6.02. The Balaban J connectivity index is 2.64. The highest BCUT2D eigenvalue weighted by Gasteiger charge is 2.17. The number of hydrogen-bond acceptors (Lipinski definition) is 5. The molecular weight excluding hydrogens is 210 g/mol. The molecule has 0 bridgehead atoms. The average Bonchev–Trinajstić information content (AvgIpc) is 2.24. The zero-order valence-corrected chi connectivity index (χ0v) is 9.30. The Bertz CT molecular complexity index is 357. The molecule has 0 spiro atoms. The largest absolute Gasteiger partial charge is 0.480 e. The van der Waals surface area contributed by atoms with E-state index in [4.69, 9.17) is 9.84 Å². The Hall–Kier alpha value is -1.69. The SMILES string of the molecule is COCCC(Nc1cc(C)ncn1)C(=O)O. The number of methoxy groups -OCH3 is 1. The van der Waals surface area contributed by atoms with Crippen molar-refractivity contribution in [3.8, 4) is 0 Å². The van der Waals surface area contributed by atoms with E-state index in [0.717, 1.165) is 5.69 Å². The number of rotatable bonds is 6. The van der Waals surface area contributed by atoms with Crippen LogP contribution in [0.1, 0.15) is 12.1 Å². The van der Waals surface area contributed by atoms with E-state index in [1.54, 1.807) is 6.07 Å². The third-order valence-electron chi connectivity index (χ3n) is 2.03. The number of carbonyl (C=O) groups is 1. The summed E-state index contributed by atoms with van der Waals surface area (Å²) in [6.45, 7) is 2.20. The first-order valence-electron chi connectivity index (χ1n) is 4.90. The highest BCUT2D eigenvalue weighted by Crippen LogP contribution is 2.07. The maximum absolute atomic E-state index is 10.9.